The van der Waals surface area contributed by atoms with Crippen LogP contribution in [0.4, 0.5) is 4.39 Å². The van der Waals surface area contributed by atoms with Gasteiger partial charge in [0.1, 0.15) is 5.82 Å². The highest BCUT2D eigenvalue weighted by Gasteiger charge is 2.21. The first-order valence-electron chi connectivity index (χ1n) is 5.54. The number of rotatable bonds is 2. The Bertz CT molecular complexity index is 493. The van der Waals surface area contributed by atoms with E-state index in [1.165, 1.54) is 11.0 Å². The number of piperazine rings is 1. The van der Waals surface area contributed by atoms with E-state index in [1.807, 2.05) is 0 Å². The molecule has 0 radical (unpaired) electrons. The monoisotopic (exact) mass is 314 g/mol. The SMILES string of the molecule is O=C1CN(C(=O)Cc2ccc(F)c(Br)c2)CCN1. The standard InChI is InChI=1S/C12H12BrFN2O2/c13-9-5-8(1-2-10(9)14)6-12(18)16-4-3-15-11(17)7-16/h1-2,5H,3-4,6-7H2,(H,15,17). The predicted molar refractivity (Wildman–Crippen MR) is 67.4 cm³/mol. The van der Waals surface area contributed by atoms with Crippen LogP contribution in [0.1, 0.15) is 5.56 Å². The highest BCUT2D eigenvalue weighted by molar-refractivity contribution is 9.10. The van der Waals surface area contributed by atoms with Gasteiger partial charge in [0.15, 0.2) is 0 Å². The summed E-state index contributed by atoms with van der Waals surface area (Å²) in [6.45, 7) is 1.10. The van der Waals surface area contributed by atoms with E-state index in [2.05, 4.69) is 21.2 Å². The smallest absolute Gasteiger partial charge is 0.239 e. The maximum absolute atomic E-state index is 13.0. The lowest BCUT2D eigenvalue weighted by Crippen LogP contribution is -2.50. The van der Waals surface area contributed by atoms with Crippen LogP contribution in [-0.2, 0) is 16.0 Å². The number of carbonyl (C=O) groups excluding carboxylic acids is 2. The van der Waals surface area contributed by atoms with Crippen LogP contribution in [0.25, 0.3) is 0 Å². The number of nitrogens with one attached hydrogen (secondary N) is 1. The molecule has 6 heteroatoms. The lowest BCUT2D eigenvalue weighted by atomic mass is 10.1. The van der Waals surface area contributed by atoms with Crippen LogP contribution < -0.4 is 5.32 Å². The lowest BCUT2D eigenvalue weighted by Gasteiger charge is -2.26. The Morgan fingerprint density at radius 3 is 2.94 bits per heavy atom. The topological polar surface area (TPSA) is 49.4 Å². The molecule has 96 valence electrons. The zero-order valence-electron chi connectivity index (χ0n) is 9.58. The summed E-state index contributed by atoms with van der Waals surface area (Å²) >= 11 is 3.08. The van der Waals surface area contributed by atoms with Crippen LogP contribution in [0, 0.1) is 5.82 Å². The fourth-order valence-corrected chi connectivity index (χ4v) is 2.21. The van der Waals surface area contributed by atoms with Crippen molar-refractivity contribution in [3.05, 3.63) is 34.1 Å². The van der Waals surface area contributed by atoms with Crippen molar-refractivity contribution in [1.29, 1.82) is 0 Å². The van der Waals surface area contributed by atoms with Gasteiger partial charge in [-0.1, -0.05) is 6.07 Å². The van der Waals surface area contributed by atoms with E-state index in [1.54, 1.807) is 12.1 Å². The van der Waals surface area contributed by atoms with Crippen LogP contribution in [0.3, 0.4) is 0 Å². The normalized spacial score (nSPS) is 15.4. The van der Waals surface area contributed by atoms with Gasteiger partial charge in [-0.25, -0.2) is 4.39 Å². The third kappa shape index (κ3) is 3.07. The zero-order chi connectivity index (χ0) is 13.1. The van der Waals surface area contributed by atoms with E-state index in [4.69, 9.17) is 0 Å². The van der Waals surface area contributed by atoms with Crippen molar-refractivity contribution in [3.8, 4) is 0 Å². The van der Waals surface area contributed by atoms with Crippen molar-refractivity contribution in [1.82, 2.24) is 10.2 Å². The van der Waals surface area contributed by atoms with Crippen molar-refractivity contribution in [2.75, 3.05) is 19.6 Å². The number of benzene rings is 1. The second-order valence-electron chi connectivity index (χ2n) is 4.09. The van der Waals surface area contributed by atoms with E-state index in [0.29, 0.717) is 17.6 Å². The van der Waals surface area contributed by atoms with Crippen LogP contribution in [0.15, 0.2) is 22.7 Å². The Morgan fingerprint density at radius 1 is 1.50 bits per heavy atom. The highest BCUT2D eigenvalue weighted by Crippen LogP contribution is 2.17. The molecular formula is C12H12BrFN2O2. The Morgan fingerprint density at radius 2 is 2.28 bits per heavy atom. The number of hydrogen-bond donors (Lipinski definition) is 1. The number of carbonyl (C=O) groups is 2. The molecule has 0 spiro atoms. The van der Waals surface area contributed by atoms with Crippen molar-refractivity contribution in [2.45, 2.75) is 6.42 Å². The van der Waals surface area contributed by atoms with Gasteiger partial charge in [0.05, 0.1) is 17.4 Å². The quantitative estimate of drug-likeness (QED) is 0.888. The number of nitrogens with zero attached hydrogens (tertiary/aromatic N) is 1. The Hall–Kier alpha value is -1.43. The van der Waals surface area contributed by atoms with Crippen LogP contribution >= 0.6 is 15.9 Å². The van der Waals surface area contributed by atoms with Crippen molar-refractivity contribution >= 4 is 27.7 Å². The molecule has 1 aliphatic heterocycles. The molecule has 0 saturated carbocycles. The summed E-state index contributed by atoms with van der Waals surface area (Å²) in [6.07, 6.45) is 0.173. The predicted octanol–water partition coefficient (Wildman–Crippen LogP) is 1.09. The van der Waals surface area contributed by atoms with Crippen molar-refractivity contribution in [2.24, 2.45) is 0 Å². The van der Waals surface area contributed by atoms with Crippen molar-refractivity contribution in [3.63, 3.8) is 0 Å². The molecule has 0 bridgehead atoms. The summed E-state index contributed by atoms with van der Waals surface area (Å²) in [5.74, 6) is -0.623. The lowest BCUT2D eigenvalue weighted by molar-refractivity contribution is -0.137. The molecule has 1 fully saturated rings. The van der Waals surface area contributed by atoms with Gasteiger partial charge >= 0.3 is 0 Å². The van der Waals surface area contributed by atoms with Gasteiger partial charge in [-0.2, -0.15) is 0 Å². The van der Waals surface area contributed by atoms with Crippen LogP contribution in [0.5, 0.6) is 0 Å². The van der Waals surface area contributed by atoms with Crippen LogP contribution in [-0.4, -0.2) is 36.3 Å². The van der Waals surface area contributed by atoms with E-state index < -0.39 is 0 Å². The average molecular weight is 315 g/mol. The third-order valence-electron chi connectivity index (χ3n) is 2.73. The Kier molecular flexibility index (Phi) is 3.96. The number of hydrogen-bond acceptors (Lipinski definition) is 2. The minimum atomic E-state index is -0.358. The first kappa shape index (κ1) is 13.0. The second-order valence-corrected chi connectivity index (χ2v) is 4.94. The largest absolute Gasteiger partial charge is 0.353 e. The maximum Gasteiger partial charge on any atom is 0.239 e. The molecule has 1 N–H and O–H groups in total. The summed E-state index contributed by atoms with van der Waals surface area (Å²) in [5.41, 5.74) is 0.722. The van der Waals surface area contributed by atoms with Gasteiger partial charge in [0.2, 0.25) is 11.8 Å². The van der Waals surface area contributed by atoms with Gasteiger partial charge in [-0.15, -0.1) is 0 Å². The summed E-state index contributed by atoms with van der Waals surface area (Å²) in [4.78, 5) is 24.6. The van der Waals surface area contributed by atoms with Gasteiger partial charge in [0.25, 0.3) is 0 Å². The summed E-state index contributed by atoms with van der Waals surface area (Å²) in [5, 5.41) is 2.66. The molecule has 1 aromatic rings. The first-order valence-corrected chi connectivity index (χ1v) is 6.34. The van der Waals surface area contributed by atoms with Crippen LogP contribution in [0.2, 0.25) is 0 Å². The van der Waals surface area contributed by atoms with E-state index in [-0.39, 0.29) is 30.6 Å². The summed E-state index contributed by atoms with van der Waals surface area (Å²) < 4.78 is 13.4. The molecule has 1 aliphatic rings. The first-order chi connectivity index (χ1) is 8.56. The molecule has 0 aromatic heterocycles. The molecule has 2 rings (SSSR count). The molecule has 4 nitrogen and oxygen atoms in total. The molecule has 0 unspecified atom stereocenters. The van der Waals surface area contributed by atoms with E-state index >= 15 is 0 Å². The third-order valence-corrected chi connectivity index (χ3v) is 3.34. The fourth-order valence-electron chi connectivity index (χ4n) is 1.79. The molecule has 1 saturated heterocycles. The van der Waals surface area contributed by atoms with Crippen molar-refractivity contribution < 1.29 is 14.0 Å². The fraction of sp³-hybridized carbons (Fsp3) is 0.333. The molecule has 2 amide bonds. The minimum Gasteiger partial charge on any atom is -0.353 e. The average Bonchev–Trinajstić information content (AvgIpc) is 2.34. The van der Waals surface area contributed by atoms with Gasteiger partial charge in [0, 0.05) is 13.1 Å². The number of amides is 2. The van der Waals surface area contributed by atoms with Gasteiger partial charge in [-0.3, -0.25) is 9.59 Å². The van der Waals surface area contributed by atoms with E-state index in [9.17, 15) is 14.0 Å². The molecule has 1 heterocycles. The summed E-state index contributed by atoms with van der Waals surface area (Å²) in [7, 11) is 0. The second kappa shape index (κ2) is 5.48. The number of halogens is 2. The van der Waals surface area contributed by atoms with Gasteiger partial charge < -0.3 is 10.2 Å². The molecular weight excluding hydrogens is 303 g/mol. The summed E-state index contributed by atoms with van der Waals surface area (Å²) in [6, 6.07) is 4.47. The van der Waals surface area contributed by atoms with E-state index in [0.717, 1.165) is 5.56 Å². The molecule has 0 atom stereocenters. The molecule has 18 heavy (non-hydrogen) atoms. The van der Waals surface area contributed by atoms with Gasteiger partial charge in [-0.05, 0) is 33.6 Å². The maximum atomic E-state index is 13.0. The zero-order valence-corrected chi connectivity index (χ0v) is 11.2. The molecule has 0 aliphatic carbocycles. The molecule has 1 aromatic carbocycles. The Balaban J connectivity index is 2.02. The highest BCUT2D eigenvalue weighted by atomic mass is 79.9. The Labute approximate surface area is 112 Å². The minimum absolute atomic E-state index is 0.0984.